The minimum atomic E-state index is 0.275. The monoisotopic (exact) mass is 301 g/mol. The summed E-state index contributed by atoms with van der Waals surface area (Å²) >= 11 is 8.02. The standard InChI is InChI=1S/C12H20ClN5S/c1-4-17(5-2)11-14-10(13)15-12(16-11)18-6-7-19-8-9(18)3/h9H,4-8H2,1-3H3. The lowest BCUT2D eigenvalue weighted by Crippen LogP contribution is -2.41. The molecule has 0 aromatic carbocycles. The Morgan fingerprint density at radius 3 is 2.68 bits per heavy atom. The number of hydrogen-bond donors (Lipinski definition) is 0. The molecule has 7 heteroatoms. The van der Waals surface area contributed by atoms with Gasteiger partial charge >= 0.3 is 0 Å². The molecule has 1 atom stereocenters. The molecule has 19 heavy (non-hydrogen) atoms. The van der Waals surface area contributed by atoms with Gasteiger partial charge in [-0.2, -0.15) is 26.7 Å². The molecule has 1 unspecified atom stereocenters. The first-order valence-corrected chi connectivity index (χ1v) is 8.19. The molecule has 0 saturated carbocycles. The van der Waals surface area contributed by atoms with E-state index < -0.39 is 0 Å². The Balaban J connectivity index is 2.30. The molecule has 2 heterocycles. The van der Waals surface area contributed by atoms with Crippen molar-refractivity contribution in [3.8, 4) is 0 Å². The average molecular weight is 302 g/mol. The maximum absolute atomic E-state index is 6.05. The van der Waals surface area contributed by atoms with Gasteiger partial charge in [-0.1, -0.05) is 0 Å². The number of rotatable bonds is 4. The van der Waals surface area contributed by atoms with Crippen molar-refractivity contribution in [2.75, 3.05) is 40.9 Å². The first kappa shape index (κ1) is 14.7. The average Bonchev–Trinajstić information content (AvgIpc) is 2.40. The summed E-state index contributed by atoms with van der Waals surface area (Å²) in [7, 11) is 0. The lowest BCUT2D eigenvalue weighted by atomic mass is 10.3. The van der Waals surface area contributed by atoms with Gasteiger partial charge in [0, 0.05) is 37.2 Å². The van der Waals surface area contributed by atoms with E-state index in [-0.39, 0.29) is 5.28 Å². The molecule has 0 aliphatic carbocycles. The maximum Gasteiger partial charge on any atom is 0.231 e. The highest BCUT2D eigenvalue weighted by atomic mass is 35.5. The lowest BCUT2D eigenvalue weighted by molar-refractivity contribution is 0.671. The number of nitrogens with zero attached hydrogens (tertiary/aromatic N) is 5. The molecule has 0 bridgehead atoms. The summed E-state index contributed by atoms with van der Waals surface area (Å²) in [6.45, 7) is 9.05. The predicted molar refractivity (Wildman–Crippen MR) is 82.5 cm³/mol. The molecule has 0 amide bonds. The minimum Gasteiger partial charge on any atom is -0.341 e. The van der Waals surface area contributed by atoms with Crippen LogP contribution in [0.25, 0.3) is 0 Å². The largest absolute Gasteiger partial charge is 0.341 e. The molecule has 1 aromatic heterocycles. The molecule has 0 N–H and O–H groups in total. The Morgan fingerprint density at radius 2 is 2.05 bits per heavy atom. The van der Waals surface area contributed by atoms with Crippen LogP contribution in [0.1, 0.15) is 20.8 Å². The fourth-order valence-electron chi connectivity index (χ4n) is 2.13. The fraction of sp³-hybridized carbons (Fsp3) is 0.750. The topological polar surface area (TPSA) is 45.2 Å². The van der Waals surface area contributed by atoms with Gasteiger partial charge in [-0.05, 0) is 32.4 Å². The van der Waals surface area contributed by atoms with Crippen LogP contribution in [-0.2, 0) is 0 Å². The Labute approximate surface area is 123 Å². The molecule has 1 saturated heterocycles. The van der Waals surface area contributed by atoms with E-state index in [4.69, 9.17) is 11.6 Å². The van der Waals surface area contributed by atoms with Crippen molar-refractivity contribution in [3.63, 3.8) is 0 Å². The van der Waals surface area contributed by atoms with Crippen LogP contribution in [0.3, 0.4) is 0 Å². The summed E-state index contributed by atoms with van der Waals surface area (Å²) < 4.78 is 0. The highest BCUT2D eigenvalue weighted by Gasteiger charge is 2.23. The van der Waals surface area contributed by atoms with Crippen molar-refractivity contribution < 1.29 is 0 Å². The van der Waals surface area contributed by atoms with Crippen LogP contribution < -0.4 is 9.80 Å². The van der Waals surface area contributed by atoms with Crippen molar-refractivity contribution >= 4 is 35.3 Å². The fourth-order valence-corrected chi connectivity index (χ4v) is 3.29. The van der Waals surface area contributed by atoms with Crippen molar-refractivity contribution in [1.29, 1.82) is 0 Å². The highest BCUT2D eigenvalue weighted by molar-refractivity contribution is 7.99. The van der Waals surface area contributed by atoms with Gasteiger partial charge in [0.1, 0.15) is 0 Å². The number of anilines is 2. The molecule has 1 fully saturated rings. The summed E-state index contributed by atoms with van der Waals surface area (Å²) in [6, 6.07) is 0.432. The van der Waals surface area contributed by atoms with Gasteiger partial charge in [-0.15, -0.1) is 0 Å². The first-order chi connectivity index (χ1) is 9.15. The lowest BCUT2D eigenvalue weighted by Gasteiger charge is -2.33. The van der Waals surface area contributed by atoms with Crippen LogP contribution in [0, 0.1) is 0 Å². The van der Waals surface area contributed by atoms with Gasteiger partial charge < -0.3 is 9.80 Å². The van der Waals surface area contributed by atoms with Gasteiger partial charge in [0.25, 0.3) is 0 Å². The number of hydrogen-bond acceptors (Lipinski definition) is 6. The van der Waals surface area contributed by atoms with E-state index in [1.807, 2.05) is 11.8 Å². The Bertz CT molecular complexity index is 427. The maximum atomic E-state index is 6.05. The third kappa shape index (κ3) is 3.42. The van der Waals surface area contributed by atoms with E-state index in [1.54, 1.807) is 0 Å². The normalized spacial score (nSPS) is 19.6. The second-order valence-electron chi connectivity index (χ2n) is 4.49. The van der Waals surface area contributed by atoms with Gasteiger partial charge in [0.2, 0.25) is 17.2 Å². The van der Waals surface area contributed by atoms with E-state index in [0.717, 1.165) is 31.1 Å². The molecule has 1 aromatic rings. The molecule has 5 nitrogen and oxygen atoms in total. The van der Waals surface area contributed by atoms with Gasteiger partial charge in [-0.25, -0.2) is 0 Å². The summed E-state index contributed by atoms with van der Waals surface area (Å²) in [6.07, 6.45) is 0. The SMILES string of the molecule is CCN(CC)c1nc(Cl)nc(N2CCSCC2C)n1. The Kier molecular flexibility index (Phi) is 5.10. The Hall–Kier alpha value is -0.750. The third-order valence-electron chi connectivity index (χ3n) is 3.26. The van der Waals surface area contributed by atoms with Crippen LogP contribution in [0.4, 0.5) is 11.9 Å². The quantitative estimate of drug-likeness (QED) is 0.850. The zero-order chi connectivity index (χ0) is 13.8. The van der Waals surface area contributed by atoms with Crippen molar-refractivity contribution in [3.05, 3.63) is 5.28 Å². The second-order valence-corrected chi connectivity index (χ2v) is 5.98. The molecular formula is C12H20ClN5S. The first-order valence-electron chi connectivity index (χ1n) is 6.66. The smallest absolute Gasteiger partial charge is 0.231 e. The molecule has 0 spiro atoms. The molecule has 106 valence electrons. The van der Waals surface area contributed by atoms with Gasteiger partial charge in [0.05, 0.1) is 0 Å². The van der Waals surface area contributed by atoms with Crippen molar-refractivity contribution in [2.24, 2.45) is 0 Å². The van der Waals surface area contributed by atoms with Gasteiger partial charge in [-0.3, -0.25) is 0 Å². The van der Waals surface area contributed by atoms with Crippen molar-refractivity contribution in [1.82, 2.24) is 15.0 Å². The Morgan fingerprint density at radius 1 is 1.32 bits per heavy atom. The summed E-state index contributed by atoms with van der Waals surface area (Å²) in [5, 5.41) is 0.275. The summed E-state index contributed by atoms with van der Waals surface area (Å²) in [4.78, 5) is 17.4. The van der Waals surface area contributed by atoms with Crippen LogP contribution >= 0.6 is 23.4 Å². The number of halogens is 1. The molecular weight excluding hydrogens is 282 g/mol. The van der Waals surface area contributed by atoms with Crippen molar-refractivity contribution in [2.45, 2.75) is 26.8 Å². The predicted octanol–water partition coefficient (Wildman–Crippen LogP) is 2.31. The van der Waals surface area contributed by atoms with Crippen LogP contribution in [0.2, 0.25) is 5.28 Å². The summed E-state index contributed by atoms with van der Waals surface area (Å²) in [5.41, 5.74) is 0. The number of aromatic nitrogens is 3. The minimum absolute atomic E-state index is 0.275. The summed E-state index contributed by atoms with van der Waals surface area (Å²) in [5.74, 6) is 3.58. The zero-order valence-corrected chi connectivity index (χ0v) is 13.2. The third-order valence-corrected chi connectivity index (χ3v) is 4.61. The van der Waals surface area contributed by atoms with Crippen LogP contribution in [0.5, 0.6) is 0 Å². The van der Waals surface area contributed by atoms with E-state index in [0.29, 0.717) is 17.9 Å². The number of thioether (sulfide) groups is 1. The molecule has 1 aliphatic rings. The van der Waals surface area contributed by atoms with E-state index in [9.17, 15) is 0 Å². The molecule has 0 radical (unpaired) electrons. The second kappa shape index (κ2) is 6.61. The van der Waals surface area contributed by atoms with E-state index in [2.05, 4.69) is 45.5 Å². The molecule has 1 aliphatic heterocycles. The van der Waals surface area contributed by atoms with E-state index in [1.165, 1.54) is 0 Å². The van der Waals surface area contributed by atoms with Gasteiger partial charge in [0.15, 0.2) is 0 Å². The highest BCUT2D eigenvalue weighted by Crippen LogP contribution is 2.23. The molecule has 2 rings (SSSR count). The van der Waals surface area contributed by atoms with Crippen LogP contribution in [-0.4, -0.2) is 52.1 Å². The van der Waals surface area contributed by atoms with Crippen LogP contribution in [0.15, 0.2) is 0 Å². The van der Waals surface area contributed by atoms with E-state index >= 15 is 0 Å². The zero-order valence-electron chi connectivity index (χ0n) is 11.6.